The zero-order valence-corrected chi connectivity index (χ0v) is 12.4. The minimum atomic E-state index is -0.0119. The van der Waals surface area contributed by atoms with Crippen LogP contribution in [-0.4, -0.2) is 31.6 Å². The highest BCUT2D eigenvalue weighted by Crippen LogP contribution is 2.32. The molecule has 1 aliphatic heterocycles. The van der Waals surface area contributed by atoms with Crippen LogP contribution in [0.1, 0.15) is 19.3 Å². The first-order valence-corrected chi connectivity index (χ1v) is 7.39. The maximum Gasteiger partial charge on any atom is 0.244 e. The summed E-state index contributed by atoms with van der Waals surface area (Å²) >= 11 is 3.43. The van der Waals surface area contributed by atoms with Gasteiger partial charge in [-0.1, -0.05) is 0 Å². The second-order valence-corrected chi connectivity index (χ2v) is 5.95. The van der Waals surface area contributed by atoms with Crippen molar-refractivity contribution >= 4 is 27.5 Å². The van der Waals surface area contributed by atoms with Gasteiger partial charge in [0, 0.05) is 24.3 Å². The molecule has 102 valence electrons. The number of rotatable bonds is 4. The summed E-state index contributed by atoms with van der Waals surface area (Å²) in [4.78, 5) is 14.2. The van der Waals surface area contributed by atoms with E-state index in [1.165, 1.54) is 12.8 Å². The lowest BCUT2D eigenvalue weighted by Crippen LogP contribution is -2.39. The number of hydrogen-bond acceptors (Lipinski definition) is 3. The molecular formula is C14H17BrN2O2. The molecular weight excluding hydrogens is 308 g/mol. The molecule has 5 heteroatoms. The number of benzene rings is 1. The van der Waals surface area contributed by atoms with Crippen LogP contribution < -0.4 is 15.0 Å². The Morgan fingerprint density at radius 3 is 2.84 bits per heavy atom. The molecule has 1 unspecified atom stereocenters. The van der Waals surface area contributed by atoms with E-state index in [-0.39, 0.29) is 11.9 Å². The topological polar surface area (TPSA) is 41.6 Å². The highest BCUT2D eigenvalue weighted by Gasteiger charge is 2.36. The summed E-state index contributed by atoms with van der Waals surface area (Å²) in [6.45, 7) is 0.772. The molecule has 0 bridgehead atoms. The van der Waals surface area contributed by atoms with Crippen molar-refractivity contribution in [2.45, 2.75) is 31.3 Å². The zero-order valence-electron chi connectivity index (χ0n) is 10.9. The molecule has 0 radical (unpaired) electrons. The van der Waals surface area contributed by atoms with Gasteiger partial charge in [-0.05, 0) is 47.3 Å². The smallest absolute Gasteiger partial charge is 0.244 e. The van der Waals surface area contributed by atoms with Gasteiger partial charge in [-0.25, -0.2) is 0 Å². The first-order chi connectivity index (χ1) is 9.19. The molecule has 1 atom stereocenters. The van der Waals surface area contributed by atoms with Gasteiger partial charge in [-0.2, -0.15) is 0 Å². The van der Waals surface area contributed by atoms with E-state index in [2.05, 4.69) is 21.2 Å². The van der Waals surface area contributed by atoms with Gasteiger partial charge < -0.3 is 15.0 Å². The lowest BCUT2D eigenvalue weighted by molar-refractivity contribution is -0.118. The van der Waals surface area contributed by atoms with Crippen LogP contribution in [0, 0.1) is 0 Å². The van der Waals surface area contributed by atoms with E-state index < -0.39 is 0 Å². The van der Waals surface area contributed by atoms with Crippen molar-refractivity contribution < 1.29 is 9.53 Å². The summed E-state index contributed by atoms with van der Waals surface area (Å²) in [6.07, 6.45) is 3.29. The molecule has 1 amide bonds. The predicted molar refractivity (Wildman–Crippen MR) is 77.6 cm³/mol. The third-order valence-corrected chi connectivity index (χ3v) is 4.32. The molecule has 1 heterocycles. The van der Waals surface area contributed by atoms with Gasteiger partial charge in [-0.3, -0.25) is 4.79 Å². The lowest BCUT2D eigenvalue weighted by atomic mass is 10.2. The summed E-state index contributed by atoms with van der Waals surface area (Å²) < 4.78 is 6.18. The van der Waals surface area contributed by atoms with Crippen LogP contribution in [0.5, 0.6) is 5.75 Å². The van der Waals surface area contributed by atoms with E-state index in [4.69, 9.17) is 4.74 Å². The summed E-state index contributed by atoms with van der Waals surface area (Å²) in [5.41, 5.74) is 0.908. The number of hydrogen-bond donors (Lipinski definition) is 1. The molecule has 4 nitrogen and oxygen atoms in total. The van der Waals surface area contributed by atoms with Crippen LogP contribution in [0.4, 0.5) is 5.69 Å². The fraction of sp³-hybridized carbons (Fsp3) is 0.500. The fourth-order valence-electron chi connectivity index (χ4n) is 2.44. The normalized spacial score (nSPS) is 22.9. The van der Waals surface area contributed by atoms with Crippen LogP contribution in [0.25, 0.3) is 0 Å². The number of methoxy groups -OCH3 is 1. The lowest BCUT2D eigenvalue weighted by Gasteiger charge is -2.18. The number of nitrogens with zero attached hydrogens (tertiary/aromatic N) is 1. The standard InChI is InChI=1S/C14H17BrN2O2/c1-19-13-8-10(4-5-11(13)15)17-7-6-12(14(17)18)16-9-2-3-9/h4-5,8-9,12,16H,2-3,6-7H2,1H3. The molecule has 3 rings (SSSR count). The maximum atomic E-state index is 12.4. The van der Waals surface area contributed by atoms with E-state index in [0.717, 1.165) is 28.9 Å². The Bertz CT molecular complexity index is 502. The van der Waals surface area contributed by atoms with Crippen molar-refractivity contribution in [1.82, 2.24) is 5.32 Å². The van der Waals surface area contributed by atoms with Crippen LogP contribution in [0.3, 0.4) is 0 Å². The van der Waals surface area contributed by atoms with Crippen LogP contribution >= 0.6 is 15.9 Å². The third kappa shape index (κ3) is 2.62. The van der Waals surface area contributed by atoms with Gasteiger partial charge in [0.2, 0.25) is 5.91 Å². The molecule has 2 aliphatic rings. The summed E-state index contributed by atoms with van der Waals surface area (Å²) in [6, 6.07) is 6.32. The number of halogens is 1. The van der Waals surface area contributed by atoms with Crippen LogP contribution in [-0.2, 0) is 4.79 Å². The van der Waals surface area contributed by atoms with Crippen molar-refractivity contribution in [2.24, 2.45) is 0 Å². The highest BCUT2D eigenvalue weighted by molar-refractivity contribution is 9.10. The van der Waals surface area contributed by atoms with Gasteiger partial charge in [0.05, 0.1) is 17.6 Å². The van der Waals surface area contributed by atoms with Crippen molar-refractivity contribution in [3.05, 3.63) is 22.7 Å². The van der Waals surface area contributed by atoms with Gasteiger partial charge in [-0.15, -0.1) is 0 Å². The fourth-order valence-corrected chi connectivity index (χ4v) is 2.85. The van der Waals surface area contributed by atoms with Crippen molar-refractivity contribution in [1.29, 1.82) is 0 Å². The molecule has 0 aromatic heterocycles. The van der Waals surface area contributed by atoms with Crippen LogP contribution in [0.15, 0.2) is 22.7 Å². The molecule has 1 saturated heterocycles. The molecule has 1 aromatic carbocycles. The van der Waals surface area contributed by atoms with Crippen molar-refractivity contribution in [2.75, 3.05) is 18.6 Å². The van der Waals surface area contributed by atoms with Crippen molar-refractivity contribution in [3.8, 4) is 5.75 Å². The van der Waals surface area contributed by atoms with E-state index >= 15 is 0 Å². The Hall–Kier alpha value is -1.07. The van der Waals surface area contributed by atoms with Crippen molar-refractivity contribution in [3.63, 3.8) is 0 Å². The molecule has 1 aromatic rings. The Balaban J connectivity index is 1.76. The first kappa shape index (κ1) is 12.9. The average Bonchev–Trinajstić information content (AvgIpc) is 3.16. The molecule has 1 saturated carbocycles. The summed E-state index contributed by atoms with van der Waals surface area (Å²) in [7, 11) is 1.63. The molecule has 1 aliphatic carbocycles. The van der Waals surface area contributed by atoms with E-state index in [9.17, 15) is 4.79 Å². The van der Waals surface area contributed by atoms with E-state index in [1.807, 2.05) is 23.1 Å². The number of amides is 1. The minimum absolute atomic E-state index is 0.0119. The Morgan fingerprint density at radius 2 is 2.16 bits per heavy atom. The summed E-state index contributed by atoms with van der Waals surface area (Å²) in [5.74, 6) is 0.931. The number of carbonyl (C=O) groups excluding carboxylic acids is 1. The number of ether oxygens (including phenoxy) is 1. The molecule has 2 fully saturated rings. The monoisotopic (exact) mass is 324 g/mol. The SMILES string of the molecule is COc1cc(N2CCC(NC3CC3)C2=O)ccc1Br. The average molecular weight is 325 g/mol. The van der Waals surface area contributed by atoms with E-state index in [0.29, 0.717) is 6.04 Å². The third-order valence-electron chi connectivity index (χ3n) is 3.67. The first-order valence-electron chi connectivity index (χ1n) is 6.60. The van der Waals surface area contributed by atoms with Gasteiger partial charge >= 0.3 is 0 Å². The second-order valence-electron chi connectivity index (χ2n) is 5.09. The second kappa shape index (κ2) is 5.13. The molecule has 1 N–H and O–H groups in total. The van der Waals surface area contributed by atoms with Gasteiger partial charge in [0.1, 0.15) is 5.75 Å². The molecule has 0 spiro atoms. The quantitative estimate of drug-likeness (QED) is 0.924. The van der Waals surface area contributed by atoms with Gasteiger partial charge in [0.15, 0.2) is 0 Å². The Kier molecular flexibility index (Phi) is 3.50. The number of anilines is 1. The Labute approximate surface area is 121 Å². The summed E-state index contributed by atoms with van der Waals surface area (Å²) in [5, 5.41) is 3.41. The molecule has 19 heavy (non-hydrogen) atoms. The Morgan fingerprint density at radius 1 is 1.37 bits per heavy atom. The van der Waals surface area contributed by atoms with E-state index in [1.54, 1.807) is 7.11 Å². The predicted octanol–water partition coefficient (Wildman–Crippen LogP) is 2.32. The number of carbonyl (C=O) groups is 1. The highest BCUT2D eigenvalue weighted by atomic mass is 79.9. The maximum absolute atomic E-state index is 12.4. The minimum Gasteiger partial charge on any atom is -0.495 e. The largest absolute Gasteiger partial charge is 0.495 e. The van der Waals surface area contributed by atoms with Crippen LogP contribution in [0.2, 0.25) is 0 Å². The number of nitrogens with one attached hydrogen (secondary N) is 1. The zero-order chi connectivity index (χ0) is 13.4. The van der Waals surface area contributed by atoms with Gasteiger partial charge in [0.25, 0.3) is 0 Å².